The van der Waals surface area contributed by atoms with Crippen molar-refractivity contribution in [2.45, 2.75) is 32.2 Å². The van der Waals surface area contributed by atoms with E-state index in [4.69, 9.17) is 11.6 Å². The molecule has 1 aromatic carbocycles. The van der Waals surface area contributed by atoms with Gasteiger partial charge in [-0.1, -0.05) is 23.7 Å². The summed E-state index contributed by atoms with van der Waals surface area (Å²) in [5, 5.41) is 6.76. The van der Waals surface area contributed by atoms with E-state index in [2.05, 4.69) is 10.6 Å². The molecule has 0 saturated carbocycles. The molecular formula is C14H21ClN2O. The van der Waals surface area contributed by atoms with Crippen LogP contribution in [0.5, 0.6) is 0 Å². The van der Waals surface area contributed by atoms with Crippen LogP contribution in [0.15, 0.2) is 24.3 Å². The molecule has 0 aromatic heterocycles. The molecule has 18 heavy (non-hydrogen) atoms. The van der Waals surface area contributed by atoms with E-state index in [1.54, 1.807) is 0 Å². The van der Waals surface area contributed by atoms with Crippen LogP contribution in [0.1, 0.15) is 25.8 Å². The van der Waals surface area contributed by atoms with Gasteiger partial charge in [0.05, 0.1) is 0 Å². The highest BCUT2D eigenvalue weighted by atomic mass is 35.5. The highest BCUT2D eigenvalue weighted by Crippen LogP contribution is 2.11. The number of hydrogen-bond donors (Lipinski definition) is 2. The van der Waals surface area contributed by atoms with Crippen LogP contribution in [0.4, 0.5) is 0 Å². The van der Waals surface area contributed by atoms with Crippen molar-refractivity contribution in [2.75, 3.05) is 13.6 Å². The molecule has 3 nitrogen and oxygen atoms in total. The number of amides is 1. The quantitative estimate of drug-likeness (QED) is 0.832. The predicted octanol–water partition coefficient (Wildman–Crippen LogP) is 2.39. The second kappa shape index (κ2) is 6.76. The van der Waals surface area contributed by atoms with Gasteiger partial charge in [0.2, 0.25) is 5.91 Å². The molecule has 0 aliphatic heterocycles. The molecular weight excluding hydrogens is 248 g/mol. The lowest BCUT2D eigenvalue weighted by molar-refractivity contribution is -0.122. The van der Waals surface area contributed by atoms with Crippen molar-refractivity contribution >= 4 is 17.5 Å². The van der Waals surface area contributed by atoms with Gasteiger partial charge in [0, 0.05) is 23.5 Å². The molecule has 0 aliphatic rings. The molecule has 1 aromatic rings. The molecule has 0 spiro atoms. The second-order valence-electron chi connectivity index (χ2n) is 5.04. The third-order valence-electron chi connectivity index (χ3n) is 2.90. The SMILES string of the molecule is CNC(C)(C)CC(=O)NCCc1cccc(Cl)c1. The van der Waals surface area contributed by atoms with E-state index >= 15 is 0 Å². The molecule has 0 aliphatic carbocycles. The normalized spacial score (nSPS) is 11.3. The third-order valence-corrected chi connectivity index (χ3v) is 3.14. The fourth-order valence-corrected chi connectivity index (χ4v) is 1.80. The third kappa shape index (κ3) is 5.52. The minimum atomic E-state index is -0.167. The zero-order chi connectivity index (χ0) is 13.6. The standard InChI is InChI=1S/C14H21ClN2O/c1-14(2,16-3)10-13(18)17-8-7-11-5-4-6-12(15)9-11/h4-6,9,16H,7-8,10H2,1-3H3,(H,17,18). The minimum absolute atomic E-state index is 0.0661. The highest BCUT2D eigenvalue weighted by molar-refractivity contribution is 6.30. The van der Waals surface area contributed by atoms with E-state index in [1.807, 2.05) is 45.2 Å². The molecule has 0 fully saturated rings. The lowest BCUT2D eigenvalue weighted by Crippen LogP contribution is -2.42. The van der Waals surface area contributed by atoms with Crippen molar-refractivity contribution in [1.82, 2.24) is 10.6 Å². The summed E-state index contributed by atoms with van der Waals surface area (Å²) in [6.07, 6.45) is 1.27. The molecule has 0 radical (unpaired) electrons. The summed E-state index contributed by atoms with van der Waals surface area (Å²) in [4.78, 5) is 11.7. The summed E-state index contributed by atoms with van der Waals surface area (Å²) >= 11 is 5.90. The molecule has 1 rings (SSSR count). The van der Waals surface area contributed by atoms with E-state index < -0.39 is 0 Å². The Balaban J connectivity index is 2.32. The minimum Gasteiger partial charge on any atom is -0.356 e. The molecule has 2 N–H and O–H groups in total. The average Bonchev–Trinajstić information content (AvgIpc) is 2.28. The van der Waals surface area contributed by atoms with Gasteiger partial charge in [0.1, 0.15) is 0 Å². The summed E-state index contributed by atoms with van der Waals surface area (Å²) in [6.45, 7) is 4.64. The van der Waals surface area contributed by atoms with E-state index in [1.165, 1.54) is 0 Å². The zero-order valence-electron chi connectivity index (χ0n) is 11.2. The first kappa shape index (κ1) is 15.0. The van der Waals surface area contributed by atoms with Gasteiger partial charge in [-0.3, -0.25) is 4.79 Å². The first-order valence-electron chi connectivity index (χ1n) is 6.13. The Bertz CT molecular complexity index is 405. The Morgan fingerprint density at radius 1 is 1.39 bits per heavy atom. The second-order valence-corrected chi connectivity index (χ2v) is 5.48. The number of hydrogen-bond acceptors (Lipinski definition) is 2. The molecule has 0 saturated heterocycles. The molecule has 4 heteroatoms. The van der Waals surface area contributed by atoms with Crippen LogP contribution >= 0.6 is 11.6 Å². The van der Waals surface area contributed by atoms with Crippen molar-refractivity contribution < 1.29 is 4.79 Å². The monoisotopic (exact) mass is 268 g/mol. The maximum Gasteiger partial charge on any atom is 0.221 e. The summed E-state index contributed by atoms with van der Waals surface area (Å²) in [5.74, 6) is 0.0661. The topological polar surface area (TPSA) is 41.1 Å². The van der Waals surface area contributed by atoms with Gasteiger partial charge >= 0.3 is 0 Å². The van der Waals surface area contributed by atoms with Gasteiger partial charge in [-0.15, -0.1) is 0 Å². The maximum absolute atomic E-state index is 11.7. The smallest absolute Gasteiger partial charge is 0.221 e. The Hall–Kier alpha value is -1.06. The van der Waals surface area contributed by atoms with Crippen molar-refractivity contribution in [2.24, 2.45) is 0 Å². The van der Waals surface area contributed by atoms with Gasteiger partial charge in [-0.05, 0) is 45.0 Å². The number of nitrogens with one attached hydrogen (secondary N) is 2. The summed E-state index contributed by atoms with van der Waals surface area (Å²) in [7, 11) is 1.86. The average molecular weight is 269 g/mol. The van der Waals surface area contributed by atoms with Crippen LogP contribution in [0.3, 0.4) is 0 Å². The number of halogens is 1. The number of benzene rings is 1. The largest absolute Gasteiger partial charge is 0.356 e. The first-order valence-corrected chi connectivity index (χ1v) is 6.51. The van der Waals surface area contributed by atoms with Crippen molar-refractivity contribution in [3.05, 3.63) is 34.9 Å². The molecule has 1 amide bonds. The van der Waals surface area contributed by atoms with E-state index in [0.29, 0.717) is 13.0 Å². The number of carbonyl (C=O) groups is 1. The van der Waals surface area contributed by atoms with Gasteiger partial charge < -0.3 is 10.6 Å². The van der Waals surface area contributed by atoms with Crippen LogP contribution in [0.25, 0.3) is 0 Å². The van der Waals surface area contributed by atoms with E-state index in [9.17, 15) is 4.79 Å². The summed E-state index contributed by atoms with van der Waals surface area (Å²) in [6, 6.07) is 7.70. The number of rotatable bonds is 6. The van der Waals surface area contributed by atoms with Crippen LogP contribution in [0, 0.1) is 0 Å². The fourth-order valence-electron chi connectivity index (χ4n) is 1.59. The Morgan fingerprint density at radius 3 is 2.72 bits per heavy atom. The summed E-state index contributed by atoms with van der Waals surface area (Å²) in [5.41, 5.74) is 0.968. The van der Waals surface area contributed by atoms with E-state index in [0.717, 1.165) is 17.0 Å². The van der Waals surface area contributed by atoms with Gasteiger partial charge in [0.25, 0.3) is 0 Å². The van der Waals surface area contributed by atoms with Gasteiger partial charge in [0.15, 0.2) is 0 Å². The summed E-state index contributed by atoms with van der Waals surface area (Å²) < 4.78 is 0. The Morgan fingerprint density at radius 2 is 2.11 bits per heavy atom. The number of carbonyl (C=O) groups excluding carboxylic acids is 1. The van der Waals surface area contributed by atoms with Crippen LogP contribution in [0.2, 0.25) is 5.02 Å². The fraction of sp³-hybridized carbons (Fsp3) is 0.500. The van der Waals surface area contributed by atoms with E-state index in [-0.39, 0.29) is 11.4 Å². The molecule has 0 atom stereocenters. The van der Waals surface area contributed by atoms with Gasteiger partial charge in [-0.2, -0.15) is 0 Å². The van der Waals surface area contributed by atoms with Crippen LogP contribution < -0.4 is 10.6 Å². The Labute approximate surface area is 114 Å². The maximum atomic E-state index is 11.7. The molecule has 0 unspecified atom stereocenters. The van der Waals surface area contributed by atoms with Crippen LogP contribution in [-0.2, 0) is 11.2 Å². The van der Waals surface area contributed by atoms with Crippen LogP contribution in [-0.4, -0.2) is 25.0 Å². The van der Waals surface area contributed by atoms with Crippen molar-refractivity contribution in [1.29, 1.82) is 0 Å². The lowest BCUT2D eigenvalue weighted by Gasteiger charge is -2.23. The first-order chi connectivity index (χ1) is 8.43. The lowest BCUT2D eigenvalue weighted by atomic mass is 10.0. The van der Waals surface area contributed by atoms with Crippen molar-refractivity contribution in [3.8, 4) is 0 Å². The zero-order valence-corrected chi connectivity index (χ0v) is 12.0. The molecule has 100 valence electrons. The van der Waals surface area contributed by atoms with Crippen molar-refractivity contribution in [3.63, 3.8) is 0 Å². The molecule has 0 bridgehead atoms. The molecule has 0 heterocycles. The predicted molar refractivity (Wildman–Crippen MR) is 75.9 cm³/mol. The van der Waals surface area contributed by atoms with Gasteiger partial charge in [-0.25, -0.2) is 0 Å². The Kier molecular flexibility index (Phi) is 5.63. The highest BCUT2D eigenvalue weighted by Gasteiger charge is 2.18.